The minimum atomic E-state index is 0.0428. The number of amides is 1. The molecule has 1 fully saturated rings. The molecule has 2 heterocycles. The van der Waals surface area contributed by atoms with Gasteiger partial charge in [0, 0.05) is 35.6 Å². The molecule has 3 rings (SSSR count). The first-order chi connectivity index (χ1) is 12.1. The molecule has 6 heteroatoms. The molecular formula is C19H25ClN4O. The van der Waals surface area contributed by atoms with Crippen molar-refractivity contribution in [1.29, 1.82) is 0 Å². The number of likely N-dealkylation sites (tertiary alicyclic amines) is 1. The van der Waals surface area contributed by atoms with E-state index in [1.165, 1.54) is 18.5 Å². The first-order valence-electron chi connectivity index (χ1n) is 8.85. The number of anilines is 1. The summed E-state index contributed by atoms with van der Waals surface area (Å²) in [5, 5.41) is 3.59. The van der Waals surface area contributed by atoms with Crippen molar-refractivity contribution in [2.75, 3.05) is 25.0 Å². The molecule has 0 unspecified atom stereocenters. The van der Waals surface area contributed by atoms with Gasteiger partial charge in [-0.1, -0.05) is 11.6 Å². The average molecular weight is 361 g/mol. The normalized spacial score (nSPS) is 16.1. The van der Waals surface area contributed by atoms with Crippen LogP contribution < -0.4 is 5.32 Å². The number of nitrogens with one attached hydrogen (secondary N) is 2. The van der Waals surface area contributed by atoms with Crippen LogP contribution in [0.3, 0.4) is 0 Å². The van der Waals surface area contributed by atoms with Gasteiger partial charge >= 0.3 is 0 Å². The molecule has 1 aromatic carbocycles. The van der Waals surface area contributed by atoms with E-state index in [0.29, 0.717) is 17.4 Å². The third-order valence-electron chi connectivity index (χ3n) is 4.75. The number of nitrogens with zero attached hydrogens (tertiary/aromatic N) is 2. The van der Waals surface area contributed by atoms with E-state index in [1.807, 2.05) is 25.3 Å². The lowest BCUT2D eigenvalue weighted by Crippen LogP contribution is -2.36. The van der Waals surface area contributed by atoms with Gasteiger partial charge < -0.3 is 15.2 Å². The van der Waals surface area contributed by atoms with Crippen molar-refractivity contribution in [3.05, 3.63) is 47.0 Å². The second-order valence-electron chi connectivity index (χ2n) is 6.88. The van der Waals surface area contributed by atoms with Gasteiger partial charge in [-0.15, -0.1) is 0 Å². The number of aryl methyl sites for hydroxylation is 1. The fraction of sp³-hybridized carbons (Fsp3) is 0.474. The summed E-state index contributed by atoms with van der Waals surface area (Å²) in [6.07, 6.45) is 7.58. The summed E-state index contributed by atoms with van der Waals surface area (Å²) < 4.78 is 0. The van der Waals surface area contributed by atoms with Crippen LogP contribution in [0.15, 0.2) is 30.7 Å². The third kappa shape index (κ3) is 5.58. The van der Waals surface area contributed by atoms with E-state index >= 15 is 0 Å². The van der Waals surface area contributed by atoms with Crippen LogP contribution in [0, 0.1) is 12.8 Å². The molecule has 0 atom stereocenters. The van der Waals surface area contributed by atoms with Gasteiger partial charge in [-0.25, -0.2) is 4.98 Å². The molecule has 0 bridgehead atoms. The summed E-state index contributed by atoms with van der Waals surface area (Å²) in [5.41, 5.74) is 3.03. The van der Waals surface area contributed by atoms with Gasteiger partial charge in [-0.2, -0.15) is 0 Å². The van der Waals surface area contributed by atoms with Gasteiger partial charge in [-0.3, -0.25) is 4.79 Å². The first-order valence-corrected chi connectivity index (χ1v) is 9.23. The van der Waals surface area contributed by atoms with Crippen molar-refractivity contribution in [2.45, 2.75) is 32.6 Å². The summed E-state index contributed by atoms with van der Waals surface area (Å²) in [4.78, 5) is 21.8. The molecule has 1 saturated heterocycles. The SMILES string of the molecule is Cc1cc(Cl)cc(NC(=O)CCN2CCC(Cc3cnc[nH]3)CC2)c1. The monoisotopic (exact) mass is 360 g/mol. The van der Waals surface area contributed by atoms with Crippen LogP contribution in [0.5, 0.6) is 0 Å². The number of carbonyl (C=O) groups is 1. The second-order valence-corrected chi connectivity index (χ2v) is 7.32. The summed E-state index contributed by atoms with van der Waals surface area (Å²) in [6, 6.07) is 5.60. The number of H-pyrrole nitrogens is 1. The molecule has 5 nitrogen and oxygen atoms in total. The van der Waals surface area contributed by atoms with Gasteiger partial charge in [0.2, 0.25) is 5.91 Å². The van der Waals surface area contributed by atoms with Crippen LogP contribution >= 0.6 is 11.6 Å². The maximum atomic E-state index is 12.2. The number of hydrogen-bond acceptors (Lipinski definition) is 3. The Morgan fingerprint density at radius 3 is 2.84 bits per heavy atom. The van der Waals surface area contributed by atoms with Crippen molar-refractivity contribution < 1.29 is 4.79 Å². The molecule has 1 amide bonds. The van der Waals surface area contributed by atoms with Crippen molar-refractivity contribution in [3.63, 3.8) is 0 Å². The third-order valence-corrected chi connectivity index (χ3v) is 4.97. The fourth-order valence-corrected chi connectivity index (χ4v) is 3.70. The number of benzene rings is 1. The van der Waals surface area contributed by atoms with Gasteiger partial charge in [0.15, 0.2) is 0 Å². The van der Waals surface area contributed by atoms with E-state index in [4.69, 9.17) is 11.6 Å². The number of halogens is 1. The minimum absolute atomic E-state index is 0.0428. The predicted molar refractivity (Wildman–Crippen MR) is 101 cm³/mol. The summed E-state index contributed by atoms with van der Waals surface area (Å²) >= 11 is 6.03. The standard InChI is InChI=1S/C19H25ClN4O/c1-14-8-16(20)11-17(9-14)23-19(25)4-7-24-5-2-15(3-6-24)10-18-12-21-13-22-18/h8-9,11-13,15H,2-7,10H2,1H3,(H,21,22)(H,23,25). The molecule has 0 aliphatic carbocycles. The Bertz CT molecular complexity index is 673. The smallest absolute Gasteiger partial charge is 0.225 e. The van der Waals surface area contributed by atoms with E-state index in [9.17, 15) is 4.79 Å². The van der Waals surface area contributed by atoms with E-state index in [0.717, 1.165) is 37.3 Å². The van der Waals surface area contributed by atoms with E-state index in [-0.39, 0.29) is 5.91 Å². The van der Waals surface area contributed by atoms with E-state index in [1.54, 1.807) is 12.4 Å². The topological polar surface area (TPSA) is 61.0 Å². The maximum absolute atomic E-state index is 12.2. The number of aromatic nitrogens is 2. The van der Waals surface area contributed by atoms with Crippen molar-refractivity contribution in [2.24, 2.45) is 5.92 Å². The Balaban J connectivity index is 1.38. The van der Waals surface area contributed by atoms with Gasteiger partial charge in [0.1, 0.15) is 0 Å². The molecule has 134 valence electrons. The summed E-state index contributed by atoms with van der Waals surface area (Å²) in [5.74, 6) is 0.751. The predicted octanol–water partition coefficient (Wildman–Crippen LogP) is 3.65. The Hall–Kier alpha value is -1.85. The lowest BCUT2D eigenvalue weighted by atomic mass is 9.92. The lowest BCUT2D eigenvalue weighted by Gasteiger charge is -2.31. The van der Waals surface area contributed by atoms with Crippen LogP contribution in [0.4, 0.5) is 5.69 Å². The summed E-state index contributed by atoms with van der Waals surface area (Å²) in [7, 11) is 0. The van der Waals surface area contributed by atoms with E-state index in [2.05, 4.69) is 20.2 Å². The molecule has 2 N–H and O–H groups in total. The van der Waals surface area contributed by atoms with Crippen LogP contribution in [-0.2, 0) is 11.2 Å². The van der Waals surface area contributed by atoms with Gasteiger partial charge in [0.25, 0.3) is 0 Å². The highest BCUT2D eigenvalue weighted by Crippen LogP contribution is 2.21. The summed E-state index contributed by atoms with van der Waals surface area (Å²) in [6.45, 7) is 4.89. The number of imidazole rings is 1. The van der Waals surface area contributed by atoms with Gasteiger partial charge in [-0.05, 0) is 69.0 Å². The van der Waals surface area contributed by atoms with Crippen molar-refractivity contribution in [1.82, 2.24) is 14.9 Å². The van der Waals surface area contributed by atoms with Crippen LogP contribution in [-0.4, -0.2) is 40.4 Å². The lowest BCUT2D eigenvalue weighted by molar-refractivity contribution is -0.116. The fourth-order valence-electron chi connectivity index (χ4n) is 3.41. The Kier molecular flexibility index (Phi) is 6.10. The second kappa shape index (κ2) is 8.50. The Morgan fingerprint density at radius 1 is 1.36 bits per heavy atom. The molecule has 1 aliphatic rings. The number of aromatic amines is 1. The number of rotatable bonds is 6. The Labute approximate surface area is 153 Å². The minimum Gasteiger partial charge on any atom is -0.348 e. The zero-order chi connectivity index (χ0) is 17.6. The van der Waals surface area contributed by atoms with Crippen molar-refractivity contribution in [3.8, 4) is 0 Å². The van der Waals surface area contributed by atoms with Gasteiger partial charge in [0.05, 0.1) is 6.33 Å². The number of carbonyl (C=O) groups excluding carboxylic acids is 1. The molecule has 2 aromatic rings. The van der Waals surface area contributed by atoms with Crippen LogP contribution in [0.2, 0.25) is 5.02 Å². The molecule has 1 aliphatic heterocycles. The average Bonchev–Trinajstić information content (AvgIpc) is 3.06. The number of hydrogen-bond donors (Lipinski definition) is 2. The van der Waals surface area contributed by atoms with Crippen LogP contribution in [0.25, 0.3) is 0 Å². The zero-order valence-electron chi connectivity index (χ0n) is 14.6. The van der Waals surface area contributed by atoms with Crippen molar-refractivity contribution >= 4 is 23.2 Å². The molecule has 1 aromatic heterocycles. The molecular weight excluding hydrogens is 336 g/mol. The zero-order valence-corrected chi connectivity index (χ0v) is 15.4. The Morgan fingerprint density at radius 2 is 2.16 bits per heavy atom. The van der Waals surface area contributed by atoms with Crippen LogP contribution in [0.1, 0.15) is 30.5 Å². The molecule has 0 radical (unpaired) electrons. The quantitative estimate of drug-likeness (QED) is 0.826. The van der Waals surface area contributed by atoms with E-state index < -0.39 is 0 Å². The first kappa shape index (κ1) is 18.0. The highest BCUT2D eigenvalue weighted by atomic mass is 35.5. The maximum Gasteiger partial charge on any atom is 0.225 e. The number of piperidine rings is 1. The molecule has 25 heavy (non-hydrogen) atoms. The largest absolute Gasteiger partial charge is 0.348 e. The highest BCUT2D eigenvalue weighted by Gasteiger charge is 2.20. The molecule has 0 saturated carbocycles. The molecule has 0 spiro atoms. The highest BCUT2D eigenvalue weighted by molar-refractivity contribution is 6.31.